The lowest BCUT2D eigenvalue weighted by Crippen LogP contribution is -2.21. The number of benzene rings is 2. The first-order valence-corrected chi connectivity index (χ1v) is 7.84. The van der Waals surface area contributed by atoms with Crippen LogP contribution in [0.4, 0.5) is 5.69 Å². The van der Waals surface area contributed by atoms with Gasteiger partial charge in [0.1, 0.15) is 0 Å². The molecule has 0 unspecified atom stereocenters. The van der Waals surface area contributed by atoms with E-state index in [4.69, 9.17) is 9.47 Å². The van der Waals surface area contributed by atoms with Gasteiger partial charge in [-0.05, 0) is 49.6 Å². The van der Waals surface area contributed by atoms with Crippen molar-refractivity contribution in [2.75, 3.05) is 19.0 Å². The van der Waals surface area contributed by atoms with E-state index in [1.54, 1.807) is 13.2 Å². The Labute approximate surface area is 143 Å². The minimum absolute atomic E-state index is 0.0763. The first-order chi connectivity index (χ1) is 11.5. The molecule has 1 N–H and O–H groups in total. The quantitative estimate of drug-likeness (QED) is 0.858. The number of hydrogen-bond acceptors (Lipinski definition) is 3. The van der Waals surface area contributed by atoms with E-state index in [9.17, 15) is 4.79 Å². The van der Waals surface area contributed by atoms with Crippen molar-refractivity contribution in [2.45, 2.75) is 20.8 Å². The highest BCUT2D eigenvalue weighted by Crippen LogP contribution is 2.28. The Balaban J connectivity index is 2.04. The molecule has 0 aliphatic heterocycles. The van der Waals surface area contributed by atoms with E-state index in [0.29, 0.717) is 11.5 Å². The van der Waals surface area contributed by atoms with Gasteiger partial charge in [0.15, 0.2) is 18.1 Å². The van der Waals surface area contributed by atoms with Crippen molar-refractivity contribution in [3.63, 3.8) is 0 Å². The highest BCUT2D eigenvalue weighted by atomic mass is 16.5. The van der Waals surface area contributed by atoms with Gasteiger partial charge in [0, 0.05) is 5.69 Å². The number of methoxy groups -OCH3 is 1. The number of para-hydroxylation sites is 1. The van der Waals surface area contributed by atoms with Crippen LogP contribution in [0.1, 0.15) is 23.6 Å². The molecule has 4 heteroatoms. The van der Waals surface area contributed by atoms with Crippen LogP contribution >= 0.6 is 0 Å². The lowest BCUT2D eigenvalue weighted by Gasteiger charge is -2.13. The number of ether oxygens (including phenoxy) is 2. The average Bonchev–Trinajstić information content (AvgIpc) is 2.57. The number of anilines is 1. The molecule has 0 spiro atoms. The molecule has 0 radical (unpaired) electrons. The zero-order valence-corrected chi connectivity index (χ0v) is 14.6. The molecule has 0 aliphatic carbocycles. The molecule has 2 aromatic rings. The fraction of sp³-hybridized carbons (Fsp3) is 0.250. The molecule has 0 aromatic heterocycles. The van der Waals surface area contributed by atoms with Crippen molar-refractivity contribution < 1.29 is 14.3 Å². The molecule has 0 aliphatic rings. The molecule has 0 saturated carbocycles. The molecule has 0 fully saturated rings. The van der Waals surface area contributed by atoms with Gasteiger partial charge in [0.05, 0.1) is 7.11 Å². The van der Waals surface area contributed by atoms with Crippen LogP contribution in [0.25, 0.3) is 6.08 Å². The summed E-state index contributed by atoms with van der Waals surface area (Å²) in [6.07, 6.45) is 3.92. The van der Waals surface area contributed by atoms with E-state index in [1.807, 2.05) is 63.3 Å². The maximum atomic E-state index is 12.2. The summed E-state index contributed by atoms with van der Waals surface area (Å²) in [5.74, 6) is 0.944. The van der Waals surface area contributed by atoms with E-state index in [0.717, 1.165) is 22.4 Å². The van der Waals surface area contributed by atoms with Crippen LogP contribution < -0.4 is 14.8 Å². The van der Waals surface area contributed by atoms with E-state index in [1.165, 1.54) is 0 Å². The van der Waals surface area contributed by atoms with Gasteiger partial charge >= 0.3 is 0 Å². The molecule has 0 atom stereocenters. The van der Waals surface area contributed by atoms with Gasteiger partial charge in [-0.1, -0.05) is 36.4 Å². The fourth-order valence-electron chi connectivity index (χ4n) is 2.43. The zero-order chi connectivity index (χ0) is 17.5. The fourth-order valence-corrected chi connectivity index (χ4v) is 2.43. The van der Waals surface area contributed by atoms with Gasteiger partial charge < -0.3 is 14.8 Å². The van der Waals surface area contributed by atoms with Crippen molar-refractivity contribution in [3.8, 4) is 11.5 Å². The molecule has 2 rings (SSSR count). The molecule has 126 valence electrons. The van der Waals surface area contributed by atoms with Crippen LogP contribution in [0, 0.1) is 13.8 Å². The van der Waals surface area contributed by atoms with Crippen LogP contribution in [0.15, 0.2) is 42.5 Å². The van der Waals surface area contributed by atoms with Gasteiger partial charge in [0.2, 0.25) is 0 Å². The third-order valence-electron chi connectivity index (χ3n) is 3.65. The Morgan fingerprint density at radius 3 is 2.46 bits per heavy atom. The number of carbonyl (C=O) groups is 1. The molecule has 4 nitrogen and oxygen atoms in total. The minimum Gasteiger partial charge on any atom is -0.493 e. The largest absolute Gasteiger partial charge is 0.493 e. The zero-order valence-electron chi connectivity index (χ0n) is 14.6. The number of rotatable bonds is 6. The van der Waals surface area contributed by atoms with Gasteiger partial charge in [-0.2, -0.15) is 0 Å². The highest BCUT2D eigenvalue weighted by Gasteiger charge is 2.10. The maximum Gasteiger partial charge on any atom is 0.262 e. The van der Waals surface area contributed by atoms with E-state index < -0.39 is 0 Å². The Bertz CT molecular complexity index is 730. The Hall–Kier alpha value is -2.75. The van der Waals surface area contributed by atoms with E-state index in [2.05, 4.69) is 5.32 Å². The van der Waals surface area contributed by atoms with E-state index in [-0.39, 0.29) is 12.5 Å². The number of amides is 1. The summed E-state index contributed by atoms with van der Waals surface area (Å²) in [4.78, 5) is 12.2. The number of aryl methyl sites for hydroxylation is 2. The van der Waals surface area contributed by atoms with Gasteiger partial charge in [0.25, 0.3) is 5.91 Å². The van der Waals surface area contributed by atoms with Crippen molar-refractivity contribution in [1.29, 1.82) is 0 Å². The van der Waals surface area contributed by atoms with E-state index >= 15 is 0 Å². The Morgan fingerprint density at radius 2 is 1.83 bits per heavy atom. The second kappa shape index (κ2) is 8.20. The molecule has 0 bridgehead atoms. The average molecular weight is 325 g/mol. The summed E-state index contributed by atoms with van der Waals surface area (Å²) in [7, 11) is 1.58. The van der Waals surface area contributed by atoms with Crippen LogP contribution in [-0.2, 0) is 4.79 Å². The third kappa shape index (κ3) is 4.38. The molecule has 0 saturated heterocycles. The summed E-state index contributed by atoms with van der Waals surface area (Å²) in [6.45, 7) is 5.81. The SMILES string of the molecule is C/C=C/c1ccc(OCC(=O)Nc2c(C)cccc2C)c(OC)c1. The van der Waals surface area contributed by atoms with Crippen LogP contribution in [-0.4, -0.2) is 19.6 Å². The molecular weight excluding hydrogens is 302 g/mol. The second-order valence-corrected chi connectivity index (χ2v) is 5.51. The molecular formula is C20H23NO3. The van der Waals surface area contributed by atoms with Crippen molar-refractivity contribution >= 4 is 17.7 Å². The predicted molar refractivity (Wildman–Crippen MR) is 97.7 cm³/mol. The van der Waals surface area contributed by atoms with Gasteiger partial charge in [-0.15, -0.1) is 0 Å². The normalized spacial score (nSPS) is 10.7. The first kappa shape index (κ1) is 17.6. The summed E-state index contributed by atoms with van der Waals surface area (Å²) in [5, 5.41) is 2.90. The third-order valence-corrected chi connectivity index (χ3v) is 3.65. The molecule has 24 heavy (non-hydrogen) atoms. The summed E-state index contributed by atoms with van der Waals surface area (Å²) in [5.41, 5.74) is 3.90. The number of hydrogen-bond donors (Lipinski definition) is 1. The van der Waals surface area contributed by atoms with Crippen LogP contribution in [0.2, 0.25) is 0 Å². The summed E-state index contributed by atoms with van der Waals surface area (Å²) in [6, 6.07) is 11.5. The lowest BCUT2D eigenvalue weighted by atomic mass is 10.1. The number of nitrogens with one attached hydrogen (secondary N) is 1. The van der Waals surface area contributed by atoms with Crippen molar-refractivity contribution in [3.05, 3.63) is 59.2 Å². The smallest absolute Gasteiger partial charge is 0.262 e. The highest BCUT2D eigenvalue weighted by molar-refractivity contribution is 5.93. The standard InChI is InChI=1S/C20H23NO3/c1-5-7-16-10-11-17(18(12-16)23-4)24-13-19(22)21-20-14(2)8-6-9-15(20)3/h5-12H,13H2,1-4H3,(H,21,22)/b7-5+. The molecule has 1 amide bonds. The lowest BCUT2D eigenvalue weighted by molar-refractivity contribution is -0.118. The monoisotopic (exact) mass is 325 g/mol. The summed E-state index contributed by atoms with van der Waals surface area (Å²) < 4.78 is 10.9. The van der Waals surface area contributed by atoms with Crippen molar-refractivity contribution in [2.24, 2.45) is 0 Å². The second-order valence-electron chi connectivity index (χ2n) is 5.51. The minimum atomic E-state index is -0.202. The molecule has 2 aromatic carbocycles. The molecule has 0 heterocycles. The topological polar surface area (TPSA) is 47.6 Å². The summed E-state index contributed by atoms with van der Waals surface area (Å²) >= 11 is 0. The predicted octanol–water partition coefficient (Wildman–Crippen LogP) is 4.36. The van der Waals surface area contributed by atoms with Crippen molar-refractivity contribution in [1.82, 2.24) is 0 Å². The number of carbonyl (C=O) groups excluding carboxylic acids is 1. The first-order valence-electron chi connectivity index (χ1n) is 7.84. The van der Waals surface area contributed by atoms with Gasteiger partial charge in [-0.25, -0.2) is 0 Å². The maximum absolute atomic E-state index is 12.2. The van der Waals surface area contributed by atoms with Crippen LogP contribution in [0.3, 0.4) is 0 Å². The van der Waals surface area contributed by atoms with Crippen LogP contribution in [0.5, 0.6) is 11.5 Å². The number of allylic oxidation sites excluding steroid dienone is 1. The Kier molecular flexibility index (Phi) is 6.01. The van der Waals surface area contributed by atoms with Gasteiger partial charge in [-0.3, -0.25) is 4.79 Å². The Morgan fingerprint density at radius 1 is 1.12 bits per heavy atom.